The highest BCUT2D eigenvalue weighted by molar-refractivity contribution is 5.57. The Kier molecular flexibility index (Phi) is 7.35. The molecule has 1 unspecified atom stereocenters. The van der Waals surface area contributed by atoms with Crippen molar-refractivity contribution in [3.8, 4) is 5.75 Å². The number of aromatic nitrogens is 3. The minimum Gasteiger partial charge on any atom is -0.494 e. The van der Waals surface area contributed by atoms with E-state index in [2.05, 4.69) is 30.9 Å². The van der Waals surface area contributed by atoms with Gasteiger partial charge in [0.05, 0.1) is 13.7 Å². The van der Waals surface area contributed by atoms with Crippen LogP contribution in [0, 0.1) is 11.7 Å². The van der Waals surface area contributed by atoms with Crippen molar-refractivity contribution in [2.45, 2.75) is 51.0 Å². The van der Waals surface area contributed by atoms with Gasteiger partial charge in [-0.3, -0.25) is 0 Å². The maximum Gasteiger partial charge on any atom is 0.233 e. The molecule has 1 atom stereocenters. The van der Waals surface area contributed by atoms with Crippen molar-refractivity contribution in [3.63, 3.8) is 0 Å². The minimum absolute atomic E-state index is 0.193. The predicted molar refractivity (Wildman–Crippen MR) is 119 cm³/mol. The predicted octanol–water partition coefficient (Wildman–Crippen LogP) is 4.35. The molecule has 0 amide bonds. The van der Waals surface area contributed by atoms with Gasteiger partial charge in [0.15, 0.2) is 11.6 Å². The van der Waals surface area contributed by atoms with Gasteiger partial charge in [0.1, 0.15) is 0 Å². The lowest BCUT2D eigenvalue weighted by molar-refractivity contribution is 0.187. The second kappa shape index (κ2) is 10.6. The van der Waals surface area contributed by atoms with Gasteiger partial charge < -0.3 is 25.4 Å². The Balaban J connectivity index is 1.51. The fourth-order valence-electron chi connectivity index (χ4n) is 4.03. The van der Waals surface area contributed by atoms with Gasteiger partial charge in [0.25, 0.3) is 0 Å². The molecular weight excluding hydrogens is 399 g/mol. The molecule has 9 heteroatoms. The fourth-order valence-corrected chi connectivity index (χ4v) is 4.03. The lowest BCUT2D eigenvalue weighted by Crippen LogP contribution is -2.22. The Hall–Kier alpha value is -2.68. The lowest BCUT2D eigenvalue weighted by atomic mass is 10.1. The van der Waals surface area contributed by atoms with Crippen molar-refractivity contribution in [3.05, 3.63) is 24.0 Å². The first-order valence-electron chi connectivity index (χ1n) is 11.1. The van der Waals surface area contributed by atoms with Gasteiger partial charge in [0.2, 0.25) is 17.8 Å². The minimum atomic E-state index is -0.446. The number of nitrogens with zero attached hydrogens (tertiary/aromatic N) is 3. The van der Waals surface area contributed by atoms with E-state index in [0.29, 0.717) is 35.5 Å². The maximum atomic E-state index is 14.1. The first-order valence-corrected chi connectivity index (χ1v) is 11.1. The van der Waals surface area contributed by atoms with E-state index in [4.69, 9.17) is 9.47 Å². The van der Waals surface area contributed by atoms with Crippen molar-refractivity contribution < 1.29 is 13.9 Å². The maximum absolute atomic E-state index is 14.1. The number of hydrogen-bond acceptors (Lipinski definition) is 8. The Morgan fingerprint density at radius 2 is 1.81 bits per heavy atom. The summed E-state index contributed by atoms with van der Waals surface area (Å²) in [6, 6.07) is 5.02. The van der Waals surface area contributed by atoms with E-state index in [1.54, 1.807) is 12.1 Å². The molecule has 1 saturated carbocycles. The normalized spacial score (nSPS) is 19.6. The zero-order valence-corrected chi connectivity index (χ0v) is 18.0. The summed E-state index contributed by atoms with van der Waals surface area (Å²) < 4.78 is 24.5. The summed E-state index contributed by atoms with van der Waals surface area (Å²) in [7, 11) is 1.44. The molecule has 1 aliphatic heterocycles. The number of benzene rings is 1. The van der Waals surface area contributed by atoms with Gasteiger partial charge in [-0.25, -0.2) is 4.39 Å². The number of rotatable bonds is 8. The fraction of sp³-hybridized carbons (Fsp3) is 0.591. The average molecular weight is 431 g/mol. The second-order valence-electron chi connectivity index (χ2n) is 8.22. The summed E-state index contributed by atoms with van der Waals surface area (Å²) in [5.41, 5.74) is 0.542. The molecule has 2 aliphatic rings. The molecule has 8 nitrogen and oxygen atoms in total. The molecule has 168 valence electrons. The quantitative estimate of drug-likeness (QED) is 0.533. The highest BCUT2D eigenvalue weighted by Gasteiger charge is 2.18. The van der Waals surface area contributed by atoms with Gasteiger partial charge in [-0.1, -0.05) is 25.7 Å². The van der Waals surface area contributed by atoms with E-state index in [0.717, 1.165) is 39.0 Å². The van der Waals surface area contributed by atoms with Crippen molar-refractivity contribution in [1.29, 1.82) is 0 Å². The van der Waals surface area contributed by atoms with Crippen LogP contribution >= 0.6 is 0 Å². The molecule has 1 aliphatic carbocycles. The van der Waals surface area contributed by atoms with Gasteiger partial charge in [-0.2, -0.15) is 15.0 Å². The molecule has 31 heavy (non-hydrogen) atoms. The first kappa shape index (κ1) is 21.5. The smallest absolute Gasteiger partial charge is 0.233 e. The standard InChI is InChI=1S/C22H31FN6O2/c1-30-19-9-8-17(12-18(19)23)26-22-28-20(24-13-15-10-11-31-14-15)27-21(29-22)25-16-6-4-2-3-5-7-16/h8-9,12,15-16H,2-7,10-11,13-14H2,1H3,(H3,24,25,26,27,28,29). The van der Waals surface area contributed by atoms with Gasteiger partial charge in [-0.05, 0) is 31.4 Å². The molecule has 0 spiro atoms. The van der Waals surface area contributed by atoms with Crippen molar-refractivity contribution in [2.75, 3.05) is 42.8 Å². The molecule has 1 aromatic carbocycles. The molecule has 1 aromatic heterocycles. The van der Waals surface area contributed by atoms with Crippen LogP contribution in [-0.2, 0) is 4.74 Å². The van der Waals surface area contributed by atoms with Crippen LogP contribution in [-0.4, -0.2) is 47.9 Å². The summed E-state index contributed by atoms with van der Waals surface area (Å²) in [6.07, 6.45) is 8.24. The van der Waals surface area contributed by atoms with E-state index in [1.807, 2.05) is 0 Å². The van der Waals surface area contributed by atoms with Crippen LogP contribution in [0.4, 0.5) is 27.9 Å². The van der Waals surface area contributed by atoms with Crippen LogP contribution in [0.5, 0.6) is 5.75 Å². The average Bonchev–Trinajstić information content (AvgIpc) is 3.16. The van der Waals surface area contributed by atoms with E-state index < -0.39 is 5.82 Å². The molecule has 4 rings (SSSR count). The summed E-state index contributed by atoms with van der Waals surface area (Å²) in [5, 5.41) is 9.89. The van der Waals surface area contributed by atoms with Crippen molar-refractivity contribution in [2.24, 2.45) is 5.92 Å². The Morgan fingerprint density at radius 1 is 1.03 bits per heavy atom. The zero-order chi connectivity index (χ0) is 21.5. The molecule has 0 radical (unpaired) electrons. The largest absolute Gasteiger partial charge is 0.494 e. The SMILES string of the molecule is COc1ccc(Nc2nc(NCC3CCOC3)nc(NC3CCCCCC3)n2)cc1F. The lowest BCUT2D eigenvalue weighted by Gasteiger charge is -2.18. The van der Waals surface area contributed by atoms with Crippen LogP contribution in [0.15, 0.2) is 18.2 Å². The van der Waals surface area contributed by atoms with E-state index in [1.165, 1.54) is 38.9 Å². The third-order valence-electron chi connectivity index (χ3n) is 5.80. The number of nitrogens with one attached hydrogen (secondary N) is 3. The summed E-state index contributed by atoms with van der Waals surface area (Å²) in [6.45, 7) is 2.29. The molecule has 3 N–H and O–H groups in total. The first-order chi connectivity index (χ1) is 15.2. The summed E-state index contributed by atoms with van der Waals surface area (Å²) in [4.78, 5) is 13.6. The highest BCUT2D eigenvalue weighted by atomic mass is 19.1. The third-order valence-corrected chi connectivity index (χ3v) is 5.80. The molecule has 1 saturated heterocycles. The zero-order valence-electron chi connectivity index (χ0n) is 18.0. The Bertz CT molecular complexity index is 854. The van der Waals surface area contributed by atoms with E-state index in [-0.39, 0.29) is 5.75 Å². The highest BCUT2D eigenvalue weighted by Crippen LogP contribution is 2.24. The molecule has 2 aromatic rings. The van der Waals surface area contributed by atoms with Gasteiger partial charge >= 0.3 is 0 Å². The van der Waals surface area contributed by atoms with Crippen molar-refractivity contribution >= 4 is 23.5 Å². The number of halogens is 1. The third kappa shape index (κ3) is 6.16. The van der Waals surface area contributed by atoms with E-state index >= 15 is 0 Å². The van der Waals surface area contributed by atoms with Gasteiger partial charge in [-0.15, -0.1) is 0 Å². The van der Waals surface area contributed by atoms with Gasteiger partial charge in [0, 0.05) is 36.9 Å². The van der Waals surface area contributed by atoms with Crippen LogP contribution in [0.3, 0.4) is 0 Å². The number of anilines is 4. The van der Waals surface area contributed by atoms with Crippen LogP contribution < -0.4 is 20.7 Å². The Labute approximate surface area is 182 Å². The van der Waals surface area contributed by atoms with Crippen LogP contribution in [0.25, 0.3) is 0 Å². The summed E-state index contributed by atoms with van der Waals surface area (Å²) >= 11 is 0. The number of hydrogen-bond donors (Lipinski definition) is 3. The topological polar surface area (TPSA) is 93.2 Å². The monoisotopic (exact) mass is 430 g/mol. The van der Waals surface area contributed by atoms with Crippen LogP contribution in [0.1, 0.15) is 44.9 Å². The Morgan fingerprint density at radius 3 is 2.52 bits per heavy atom. The summed E-state index contributed by atoms with van der Waals surface area (Å²) in [5.74, 6) is 1.58. The molecule has 0 bridgehead atoms. The van der Waals surface area contributed by atoms with E-state index in [9.17, 15) is 4.39 Å². The van der Waals surface area contributed by atoms with Crippen LogP contribution in [0.2, 0.25) is 0 Å². The number of ether oxygens (including phenoxy) is 2. The molecule has 2 heterocycles. The molecule has 2 fully saturated rings. The molecular formula is C22H31FN6O2. The second-order valence-corrected chi connectivity index (χ2v) is 8.22. The van der Waals surface area contributed by atoms with Crippen molar-refractivity contribution in [1.82, 2.24) is 15.0 Å². The number of methoxy groups -OCH3 is 1.